The number of benzene rings is 4. The van der Waals surface area contributed by atoms with Crippen molar-refractivity contribution in [1.82, 2.24) is 19.3 Å². The molecule has 244 valence electrons. The molecule has 3 heterocycles. The molecule has 0 unspecified atom stereocenters. The van der Waals surface area contributed by atoms with E-state index < -0.39 is 0 Å². The maximum Gasteiger partial charge on any atom is 2.00 e. The zero-order valence-electron chi connectivity index (χ0n) is 28.5. The van der Waals surface area contributed by atoms with E-state index in [-0.39, 0.29) is 20.4 Å². The van der Waals surface area contributed by atoms with Crippen LogP contribution in [0.5, 0.6) is 11.5 Å². The Hall–Kier alpha value is -4.70. The number of para-hydroxylation sites is 1. The average molecular weight is 724 g/mol. The summed E-state index contributed by atoms with van der Waals surface area (Å²) in [6.07, 6.45) is 3.74. The van der Waals surface area contributed by atoms with Gasteiger partial charge in [-0.2, -0.15) is 17.2 Å². The minimum Gasteiger partial charge on any atom is -0.509 e. The van der Waals surface area contributed by atoms with Crippen molar-refractivity contribution >= 4 is 27.5 Å². The molecule has 0 N–H and O–H groups in total. The fraction of sp³-hybridized carbons (Fsp3) is 0.220. The first-order valence-corrected chi connectivity index (χ1v) is 16.3. The number of aromatic nitrogens is 4. The average Bonchev–Trinajstić information content (AvgIpc) is 3.56. The number of nitrogens with zero attached hydrogens (tertiary/aromatic N) is 5. The third-order valence-electron chi connectivity index (χ3n) is 8.99. The maximum atomic E-state index is 6.44. The van der Waals surface area contributed by atoms with Crippen LogP contribution in [-0.4, -0.2) is 33.4 Å². The molecule has 6 nitrogen and oxygen atoms in total. The minimum atomic E-state index is 0. The van der Waals surface area contributed by atoms with E-state index in [0.717, 1.165) is 63.1 Å². The van der Waals surface area contributed by atoms with Gasteiger partial charge in [0.05, 0.1) is 5.69 Å². The second-order valence-corrected chi connectivity index (χ2v) is 12.3. The summed E-state index contributed by atoms with van der Waals surface area (Å²) in [5, 5.41) is 7.28. The van der Waals surface area contributed by atoms with Crippen LogP contribution in [-0.2, 0) is 33.3 Å². The van der Waals surface area contributed by atoms with Gasteiger partial charge in [0.25, 0.3) is 0 Å². The molecule has 7 rings (SSSR count). The summed E-state index contributed by atoms with van der Waals surface area (Å²) in [7, 11) is 4.20. The number of rotatable bonds is 8. The Balaban J connectivity index is 0.00000401. The molecular formula is C41H39N5OPd. The zero-order valence-corrected chi connectivity index (χ0v) is 30.0. The van der Waals surface area contributed by atoms with Crippen LogP contribution in [0.15, 0.2) is 85.1 Å². The number of hydrogen-bond acceptors (Lipinski definition) is 4. The predicted molar refractivity (Wildman–Crippen MR) is 193 cm³/mol. The summed E-state index contributed by atoms with van der Waals surface area (Å²) >= 11 is 0. The third-order valence-corrected chi connectivity index (χ3v) is 8.99. The summed E-state index contributed by atoms with van der Waals surface area (Å²) in [5.74, 6) is 2.06. The fourth-order valence-electron chi connectivity index (χ4n) is 6.68. The third kappa shape index (κ3) is 5.83. The Labute approximate surface area is 296 Å². The molecule has 0 aliphatic heterocycles. The molecule has 0 spiro atoms. The van der Waals surface area contributed by atoms with Crippen molar-refractivity contribution in [2.24, 2.45) is 0 Å². The number of pyridine rings is 1. The van der Waals surface area contributed by atoms with Crippen molar-refractivity contribution in [1.29, 1.82) is 0 Å². The number of hydrogen-bond donors (Lipinski definition) is 0. The summed E-state index contributed by atoms with van der Waals surface area (Å²) < 4.78 is 10.6. The molecule has 4 aromatic carbocycles. The molecule has 0 saturated heterocycles. The van der Waals surface area contributed by atoms with Crippen molar-refractivity contribution in [3.8, 4) is 34.1 Å². The van der Waals surface area contributed by atoms with Crippen LogP contribution >= 0.6 is 0 Å². The molecule has 0 radical (unpaired) electrons. The Bertz CT molecular complexity index is 2250. The van der Waals surface area contributed by atoms with E-state index >= 15 is 0 Å². The number of anilines is 1. The summed E-state index contributed by atoms with van der Waals surface area (Å²) in [4.78, 5) is 6.88. The molecule has 0 amide bonds. The van der Waals surface area contributed by atoms with Gasteiger partial charge in [-0.1, -0.05) is 37.6 Å². The molecule has 0 atom stereocenters. The summed E-state index contributed by atoms with van der Waals surface area (Å²) in [6, 6.07) is 34.2. The van der Waals surface area contributed by atoms with Crippen molar-refractivity contribution in [2.45, 2.75) is 47.5 Å². The molecule has 3 aromatic heterocycles. The van der Waals surface area contributed by atoms with E-state index in [4.69, 9.17) is 14.8 Å². The van der Waals surface area contributed by atoms with Crippen LogP contribution in [0, 0.1) is 32.9 Å². The predicted octanol–water partition coefficient (Wildman–Crippen LogP) is 9.54. The van der Waals surface area contributed by atoms with E-state index in [0.29, 0.717) is 11.5 Å². The Morgan fingerprint density at radius 3 is 2.21 bits per heavy atom. The Morgan fingerprint density at radius 1 is 0.771 bits per heavy atom. The van der Waals surface area contributed by atoms with Gasteiger partial charge in [-0.25, -0.2) is 4.98 Å². The van der Waals surface area contributed by atoms with Gasteiger partial charge in [0.15, 0.2) is 0 Å². The topological polar surface area (TPSA) is 48.1 Å². The smallest absolute Gasteiger partial charge is 0.509 e. The van der Waals surface area contributed by atoms with Gasteiger partial charge in [0, 0.05) is 54.3 Å². The van der Waals surface area contributed by atoms with Crippen LogP contribution in [0.25, 0.3) is 44.4 Å². The van der Waals surface area contributed by atoms with E-state index in [1.54, 1.807) is 0 Å². The van der Waals surface area contributed by atoms with Crippen LogP contribution in [0.3, 0.4) is 0 Å². The fourth-order valence-corrected chi connectivity index (χ4v) is 6.68. The SMILES string of the molecule is CCc1cc(N(C)C)cc(CC)c1-c1c(C)nn(-c2[c-]c(Oc3[c-]c4c(cc3)c3ccccc3n4-c3cc(C)ccn3)ccc2)c1C.[Pd+2]. The van der Waals surface area contributed by atoms with E-state index in [1.165, 1.54) is 27.9 Å². The number of aryl methyl sites for hydroxylation is 4. The Kier molecular flexibility index (Phi) is 9.29. The van der Waals surface area contributed by atoms with E-state index in [1.807, 2.05) is 41.2 Å². The molecular weight excluding hydrogens is 685 g/mol. The second-order valence-electron chi connectivity index (χ2n) is 12.3. The van der Waals surface area contributed by atoms with Crippen LogP contribution in [0.4, 0.5) is 5.69 Å². The quantitative estimate of drug-likeness (QED) is 0.116. The van der Waals surface area contributed by atoms with Crippen molar-refractivity contribution in [3.05, 3.63) is 125 Å². The molecule has 0 aliphatic rings. The molecule has 7 heteroatoms. The molecule has 0 fully saturated rings. The van der Waals surface area contributed by atoms with Crippen LogP contribution in [0.1, 0.15) is 41.9 Å². The molecule has 7 aromatic rings. The zero-order chi connectivity index (χ0) is 32.8. The largest absolute Gasteiger partial charge is 2.00 e. The molecule has 0 saturated carbocycles. The van der Waals surface area contributed by atoms with Crippen molar-refractivity contribution < 1.29 is 25.2 Å². The van der Waals surface area contributed by atoms with Gasteiger partial charge in [-0.3, -0.25) is 4.68 Å². The first-order chi connectivity index (χ1) is 22.8. The second kappa shape index (κ2) is 13.4. The first kappa shape index (κ1) is 33.2. The van der Waals surface area contributed by atoms with Gasteiger partial charge in [0.2, 0.25) is 0 Å². The van der Waals surface area contributed by atoms with Gasteiger partial charge < -0.3 is 14.2 Å². The molecule has 0 aliphatic carbocycles. The minimum absolute atomic E-state index is 0. The van der Waals surface area contributed by atoms with Gasteiger partial charge in [0.1, 0.15) is 5.82 Å². The molecule has 48 heavy (non-hydrogen) atoms. The van der Waals surface area contributed by atoms with Crippen LogP contribution in [0.2, 0.25) is 0 Å². The van der Waals surface area contributed by atoms with E-state index in [2.05, 4.69) is 119 Å². The monoisotopic (exact) mass is 723 g/mol. The summed E-state index contributed by atoms with van der Waals surface area (Å²) in [5.41, 5.74) is 12.5. The van der Waals surface area contributed by atoms with Crippen molar-refractivity contribution in [2.75, 3.05) is 19.0 Å². The van der Waals surface area contributed by atoms with E-state index in [9.17, 15) is 0 Å². The number of ether oxygens (including phenoxy) is 1. The van der Waals surface area contributed by atoms with Crippen LogP contribution < -0.4 is 9.64 Å². The Morgan fingerprint density at radius 2 is 1.50 bits per heavy atom. The first-order valence-electron chi connectivity index (χ1n) is 16.3. The van der Waals surface area contributed by atoms with Gasteiger partial charge >= 0.3 is 20.4 Å². The van der Waals surface area contributed by atoms with Gasteiger partial charge in [-0.05, 0) is 97.3 Å². The maximum absolute atomic E-state index is 6.44. The van der Waals surface area contributed by atoms with Gasteiger partial charge in [-0.15, -0.1) is 35.7 Å². The normalized spacial score (nSPS) is 11.2. The standard InChI is InChI=1S/C41H39N5O.Pd/c1-8-29-22-32(44(6)7)23-30(9-2)41(29)40-27(4)43-46(28(40)5)31-13-12-14-33(24-31)47-34-17-18-36-35-15-10-11-16-37(35)45(38(36)25-34)39-21-26(3)19-20-42-39;/h10-23H,8-9H2,1-7H3;/q-2;+2. The van der Waals surface area contributed by atoms with Crippen molar-refractivity contribution in [3.63, 3.8) is 0 Å². The number of fused-ring (bicyclic) bond motifs is 3. The molecule has 0 bridgehead atoms. The summed E-state index contributed by atoms with van der Waals surface area (Å²) in [6.45, 7) is 10.8.